The summed E-state index contributed by atoms with van der Waals surface area (Å²) in [5.41, 5.74) is 0.0354. The van der Waals surface area contributed by atoms with Crippen molar-refractivity contribution < 1.29 is 26.4 Å². The van der Waals surface area contributed by atoms with Gasteiger partial charge in [0.1, 0.15) is 11.6 Å². The third-order valence-electron chi connectivity index (χ3n) is 4.59. The molecule has 2 aromatic carbocycles. The number of oxazole rings is 1. The van der Waals surface area contributed by atoms with Crippen LogP contribution in [-0.2, 0) is 14.6 Å². The molecule has 9 heteroatoms. The maximum Gasteiger partial charge on any atom is 0.233 e. The molecule has 1 aliphatic heterocycles. The molecule has 29 heavy (non-hydrogen) atoms. The second kappa shape index (κ2) is 7.92. The Morgan fingerprint density at radius 3 is 2.55 bits per heavy atom. The van der Waals surface area contributed by atoms with E-state index in [1.807, 2.05) is 0 Å². The van der Waals surface area contributed by atoms with Gasteiger partial charge < -0.3 is 14.5 Å². The predicted octanol–water partition coefficient (Wildman–Crippen LogP) is 4.04. The molecule has 3 aromatic rings. The Kier molecular flexibility index (Phi) is 5.33. The van der Waals surface area contributed by atoms with Crippen molar-refractivity contribution in [2.75, 3.05) is 18.5 Å². The summed E-state index contributed by atoms with van der Waals surface area (Å²) in [5.74, 6) is -1.43. The van der Waals surface area contributed by atoms with E-state index in [4.69, 9.17) is 9.15 Å². The zero-order valence-corrected chi connectivity index (χ0v) is 16.1. The Balaban J connectivity index is 1.75. The van der Waals surface area contributed by atoms with Crippen LogP contribution >= 0.6 is 0 Å². The van der Waals surface area contributed by atoms with Crippen LogP contribution in [0.4, 0.5) is 14.7 Å². The second-order valence-electron chi connectivity index (χ2n) is 6.61. The molecule has 6 nitrogen and oxygen atoms in total. The number of rotatable bonds is 6. The number of ether oxygens (including phenoxy) is 1. The van der Waals surface area contributed by atoms with Gasteiger partial charge in [0.2, 0.25) is 26.6 Å². The molecule has 1 N–H and O–H groups in total. The lowest BCUT2D eigenvalue weighted by atomic mass is 10.2. The molecule has 1 atom stereocenters. The monoisotopic (exact) mass is 420 g/mol. The van der Waals surface area contributed by atoms with Crippen LogP contribution in [0.3, 0.4) is 0 Å². The minimum Gasteiger partial charge on any atom is -0.419 e. The zero-order chi connectivity index (χ0) is 20.4. The van der Waals surface area contributed by atoms with Gasteiger partial charge in [0.25, 0.3) is 0 Å². The van der Waals surface area contributed by atoms with Crippen LogP contribution in [-0.4, -0.2) is 32.7 Å². The van der Waals surface area contributed by atoms with Crippen LogP contribution in [0, 0.1) is 11.6 Å². The molecule has 1 fully saturated rings. The van der Waals surface area contributed by atoms with Gasteiger partial charge in [-0.1, -0.05) is 12.1 Å². The van der Waals surface area contributed by atoms with E-state index in [2.05, 4.69) is 10.3 Å². The molecule has 2 heterocycles. The normalized spacial score (nSPS) is 16.8. The molecule has 0 bridgehead atoms. The van der Waals surface area contributed by atoms with E-state index in [9.17, 15) is 17.2 Å². The summed E-state index contributed by atoms with van der Waals surface area (Å²) < 4.78 is 64.7. The van der Waals surface area contributed by atoms with Crippen LogP contribution in [0.5, 0.6) is 0 Å². The second-order valence-corrected chi connectivity index (χ2v) is 8.47. The zero-order valence-electron chi connectivity index (χ0n) is 15.3. The Labute approximate surface area is 166 Å². The standard InChI is InChI=1S/C20H18F2N2O4S/c21-13-7-9-15(10-8-13)29(25,26)20-19(23-12-14-4-3-11-27-14)28-18(24-20)16-5-1-2-6-17(16)22/h1-2,5-10,14,23H,3-4,11-12H2. The van der Waals surface area contributed by atoms with Crippen molar-refractivity contribution in [1.82, 2.24) is 4.98 Å². The molecular weight excluding hydrogens is 402 g/mol. The molecule has 0 spiro atoms. The van der Waals surface area contributed by atoms with Gasteiger partial charge >= 0.3 is 0 Å². The fourth-order valence-corrected chi connectivity index (χ4v) is 4.37. The first-order valence-corrected chi connectivity index (χ1v) is 10.6. The van der Waals surface area contributed by atoms with Gasteiger partial charge in [-0.3, -0.25) is 0 Å². The van der Waals surface area contributed by atoms with Crippen molar-refractivity contribution in [1.29, 1.82) is 0 Å². The summed E-state index contributed by atoms with van der Waals surface area (Å²) in [6.07, 6.45) is 1.67. The van der Waals surface area contributed by atoms with Crippen molar-refractivity contribution in [3.05, 3.63) is 60.2 Å². The van der Waals surface area contributed by atoms with E-state index in [0.29, 0.717) is 13.2 Å². The molecule has 4 rings (SSSR count). The maximum atomic E-state index is 14.2. The summed E-state index contributed by atoms with van der Waals surface area (Å²) in [5, 5.41) is 2.53. The van der Waals surface area contributed by atoms with Gasteiger partial charge in [-0.2, -0.15) is 4.98 Å². The van der Waals surface area contributed by atoms with Gasteiger partial charge in [0, 0.05) is 13.2 Å². The fourth-order valence-electron chi connectivity index (χ4n) is 3.09. The molecule has 0 radical (unpaired) electrons. The molecule has 1 saturated heterocycles. The lowest BCUT2D eigenvalue weighted by molar-refractivity contribution is 0.120. The number of anilines is 1. The molecule has 0 saturated carbocycles. The fraction of sp³-hybridized carbons (Fsp3) is 0.250. The van der Waals surface area contributed by atoms with Crippen molar-refractivity contribution in [3.63, 3.8) is 0 Å². The van der Waals surface area contributed by atoms with Crippen LogP contribution < -0.4 is 5.32 Å². The molecule has 0 aliphatic carbocycles. The van der Waals surface area contributed by atoms with Crippen molar-refractivity contribution in [2.45, 2.75) is 28.9 Å². The van der Waals surface area contributed by atoms with E-state index in [-0.39, 0.29) is 33.4 Å². The quantitative estimate of drug-likeness (QED) is 0.606. The Hall–Kier alpha value is -2.78. The van der Waals surface area contributed by atoms with Crippen LogP contribution in [0.15, 0.2) is 62.9 Å². The van der Waals surface area contributed by atoms with Gasteiger partial charge in [0.15, 0.2) is 0 Å². The van der Waals surface area contributed by atoms with E-state index >= 15 is 0 Å². The van der Waals surface area contributed by atoms with Crippen LogP contribution in [0.2, 0.25) is 0 Å². The van der Waals surface area contributed by atoms with Gasteiger partial charge in [-0.05, 0) is 49.2 Å². The van der Waals surface area contributed by atoms with E-state index in [1.54, 1.807) is 6.07 Å². The minimum atomic E-state index is -4.13. The van der Waals surface area contributed by atoms with Gasteiger partial charge in [0.05, 0.1) is 16.6 Å². The van der Waals surface area contributed by atoms with Crippen LogP contribution in [0.1, 0.15) is 12.8 Å². The molecule has 1 aliphatic rings. The number of hydrogen-bond acceptors (Lipinski definition) is 6. The third kappa shape index (κ3) is 4.01. The van der Waals surface area contributed by atoms with Gasteiger partial charge in [-0.15, -0.1) is 0 Å². The highest BCUT2D eigenvalue weighted by Crippen LogP contribution is 2.33. The predicted molar refractivity (Wildman–Crippen MR) is 101 cm³/mol. The third-order valence-corrected chi connectivity index (χ3v) is 6.27. The number of hydrogen-bond donors (Lipinski definition) is 1. The van der Waals surface area contributed by atoms with Crippen molar-refractivity contribution in [2.24, 2.45) is 0 Å². The summed E-state index contributed by atoms with van der Waals surface area (Å²) in [6, 6.07) is 10.2. The summed E-state index contributed by atoms with van der Waals surface area (Å²) in [4.78, 5) is 3.92. The minimum absolute atomic E-state index is 0.0354. The first-order valence-electron chi connectivity index (χ1n) is 9.07. The topological polar surface area (TPSA) is 81.4 Å². The number of aromatic nitrogens is 1. The van der Waals surface area contributed by atoms with E-state index < -0.39 is 21.5 Å². The maximum absolute atomic E-state index is 14.2. The number of benzene rings is 2. The number of halogens is 2. The molecule has 152 valence electrons. The number of nitrogens with zero attached hydrogens (tertiary/aromatic N) is 1. The average molecular weight is 420 g/mol. The Morgan fingerprint density at radius 2 is 1.86 bits per heavy atom. The summed E-state index contributed by atoms with van der Waals surface area (Å²) in [6.45, 7) is 0.960. The first-order chi connectivity index (χ1) is 13.9. The lowest BCUT2D eigenvalue weighted by Crippen LogP contribution is -2.19. The molecular formula is C20H18F2N2O4S. The van der Waals surface area contributed by atoms with Gasteiger partial charge in [-0.25, -0.2) is 17.2 Å². The highest BCUT2D eigenvalue weighted by atomic mass is 32.2. The number of sulfone groups is 1. The molecule has 1 aromatic heterocycles. The van der Waals surface area contributed by atoms with Crippen molar-refractivity contribution >= 4 is 15.7 Å². The average Bonchev–Trinajstić information content (AvgIpc) is 3.37. The highest BCUT2D eigenvalue weighted by molar-refractivity contribution is 7.91. The smallest absolute Gasteiger partial charge is 0.233 e. The highest BCUT2D eigenvalue weighted by Gasteiger charge is 2.30. The molecule has 1 unspecified atom stereocenters. The van der Waals surface area contributed by atoms with E-state index in [1.165, 1.54) is 18.2 Å². The summed E-state index contributed by atoms with van der Waals surface area (Å²) in [7, 11) is -4.13. The van der Waals surface area contributed by atoms with Crippen molar-refractivity contribution in [3.8, 4) is 11.5 Å². The number of nitrogens with one attached hydrogen (secondary N) is 1. The molecule has 0 amide bonds. The lowest BCUT2D eigenvalue weighted by Gasteiger charge is -2.10. The van der Waals surface area contributed by atoms with Crippen LogP contribution in [0.25, 0.3) is 11.5 Å². The Morgan fingerprint density at radius 1 is 1.10 bits per heavy atom. The SMILES string of the molecule is O=S(=O)(c1ccc(F)cc1)c1nc(-c2ccccc2F)oc1NCC1CCCO1. The largest absolute Gasteiger partial charge is 0.419 e. The first kappa shape index (κ1) is 19.5. The van der Waals surface area contributed by atoms with E-state index in [0.717, 1.165) is 37.1 Å². The Bertz CT molecular complexity index is 1110. The summed E-state index contributed by atoms with van der Waals surface area (Å²) >= 11 is 0.